The highest BCUT2D eigenvalue weighted by molar-refractivity contribution is 5.84. The molecule has 23 heavy (non-hydrogen) atoms. The van der Waals surface area contributed by atoms with Crippen molar-refractivity contribution in [2.24, 2.45) is 0 Å². The van der Waals surface area contributed by atoms with Gasteiger partial charge < -0.3 is 14.3 Å². The number of nitrogens with one attached hydrogen (secondary N) is 1. The number of hydrogen-bond acceptors (Lipinski definition) is 2. The molecule has 0 fully saturated rings. The van der Waals surface area contributed by atoms with Crippen LogP contribution < -0.4 is 5.32 Å². The Labute approximate surface area is 135 Å². The van der Waals surface area contributed by atoms with Gasteiger partial charge in [-0.05, 0) is 43.4 Å². The van der Waals surface area contributed by atoms with Crippen molar-refractivity contribution in [3.8, 4) is 0 Å². The summed E-state index contributed by atoms with van der Waals surface area (Å²) in [5.74, 6) is 1.07. The maximum absolute atomic E-state index is 12.5. The van der Waals surface area contributed by atoms with E-state index in [1.54, 1.807) is 6.26 Å². The van der Waals surface area contributed by atoms with Crippen molar-refractivity contribution in [3.05, 3.63) is 59.7 Å². The number of fused-ring (bicyclic) bond motifs is 2. The van der Waals surface area contributed by atoms with Crippen LogP contribution in [0.4, 0.5) is 0 Å². The first-order valence-corrected chi connectivity index (χ1v) is 8.13. The second-order valence-electron chi connectivity index (χ2n) is 6.24. The normalized spacial score (nSPS) is 17.2. The van der Waals surface area contributed by atoms with Gasteiger partial charge >= 0.3 is 0 Å². The third-order valence-electron chi connectivity index (χ3n) is 4.71. The highest BCUT2D eigenvalue weighted by Gasteiger charge is 2.24. The van der Waals surface area contributed by atoms with E-state index in [9.17, 15) is 4.79 Å². The highest BCUT2D eigenvalue weighted by Crippen LogP contribution is 2.30. The van der Waals surface area contributed by atoms with Crippen LogP contribution in [0.2, 0.25) is 0 Å². The standard InChI is InChI=1S/C19H20N2O2/c1-13-11-14-5-2-3-7-17(14)21(13)12-19(22)20-16-6-4-8-18-15(16)9-10-23-18/h2-3,5,7,9-11,16H,4,6,8,12H2,1H3,(H,20,22). The molecule has 0 aliphatic heterocycles. The molecule has 0 radical (unpaired) electrons. The number of hydrogen-bond donors (Lipinski definition) is 1. The number of carbonyl (C=O) groups is 1. The van der Waals surface area contributed by atoms with Crippen LogP contribution in [0.1, 0.15) is 35.9 Å². The number of furan rings is 1. The maximum Gasteiger partial charge on any atom is 0.240 e. The molecule has 4 nitrogen and oxygen atoms in total. The third-order valence-corrected chi connectivity index (χ3v) is 4.71. The van der Waals surface area contributed by atoms with Crippen molar-refractivity contribution < 1.29 is 9.21 Å². The van der Waals surface area contributed by atoms with Gasteiger partial charge in [-0.1, -0.05) is 18.2 Å². The monoisotopic (exact) mass is 308 g/mol. The summed E-state index contributed by atoms with van der Waals surface area (Å²) in [7, 11) is 0. The topological polar surface area (TPSA) is 47.2 Å². The Morgan fingerprint density at radius 1 is 1.35 bits per heavy atom. The molecule has 118 valence electrons. The van der Waals surface area contributed by atoms with Gasteiger partial charge in [0.1, 0.15) is 12.3 Å². The summed E-state index contributed by atoms with van der Waals surface area (Å²) >= 11 is 0. The van der Waals surface area contributed by atoms with Gasteiger partial charge in [0.25, 0.3) is 0 Å². The van der Waals surface area contributed by atoms with E-state index >= 15 is 0 Å². The molecule has 1 aromatic carbocycles. The second kappa shape index (κ2) is 5.61. The summed E-state index contributed by atoms with van der Waals surface area (Å²) in [6, 6.07) is 12.4. The summed E-state index contributed by atoms with van der Waals surface area (Å²) in [6.07, 6.45) is 4.72. The minimum atomic E-state index is 0.0495. The van der Waals surface area contributed by atoms with Crippen molar-refractivity contribution in [3.63, 3.8) is 0 Å². The first kappa shape index (κ1) is 14.1. The Morgan fingerprint density at radius 3 is 3.13 bits per heavy atom. The minimum Gasteiger partial charge on any atom is -0.469 e. The third kappa shape index (κ3) is 2.54. The maximum atomic E-state index is 12.5. The van der Waals surface area contributed by atoms with Gasteiger partial charge in [0.05, 0.1) is 12.3 Å². The lowest BCUT2D eigenvalue weighted by molar-refractivity contribution is -0.122. The molecule has 3 aromatic rings. The van der Waals surface area contributed by atoms with E-state index < -0.39 is 0 Å². The fraction of sp³-hybridized carbons (Fsp3) is 0.316. The summed E-state index contributed by atoms with van der Waals surface area (Å²) in [6.45, 7) is 2.39. The Kier molecular flexibility index (Phi) is 3.45. The fourth-order valence-electron chi connectivity index (χ4n) is 3.58. The molecule has 1 amide bonds. The highest BCUT2D eigenvalue weighted by atomic mass is 16.3. The van der Waals surface area contributed by atoms with Crippen LogP contribution >= 0.6 is 0 Å². The van der Waals surface area contributed by atoms with E-state index in [2.05, 4.69) is 28.1 Å². The first-order valence-electron chi connectivity index (χ1n) is 8.13. The zero-order valence-electron chi connectivity index (χ0n) is 13.2. The van der Waals surface area contributed by atoms with Gasteiger partial charge in [0, 0.05) is 23.2 Å². The lowest BCUT2D eigenvalue weighted by Gasteiger charge is -2.23. The summed E-state index contributed by atoms with van der Waals surface area (Å²) < 4.78 is 7.57. The van der Waals surface area contributed by atoms with Gasteiger partial charge in [-0.25, -0.2) is 0 Å². The lowest BCUT2D eigenvalue weighted by Crippen LogP contribution is -2.33. The number of amides is 1. The zero-order chi connectivity index (χ0) is 15.8. The van der Waals surface area contributed by atoms with E-state index in [4.69, 9.17) is 4.42 Å². The van der Waals surface area contributed by atoms with E-state index in [1.165, 1.54) is 5.39 Å². The Bertz CT molecular complexity index is 859. The molecular formula is C19H20N2O2. The van der Waals surface area contributed by atoms with Crippen molar-refractivity contribution in [1.82, 2.24) is 9.88 Å². The molecule has 0 saturated heterocycles. The van der Waals surface area contributed by atoms with Crippen molar-refractivity contribution in [2.45, 2.75) is 38.8 Å². The van der Waals surface area contributed by atoms with Crippen LogP contribution in [0.5, 0.6) is 0 Å². The average molecular weight is 308 g/mol. The smallest absolute Gasteiger partial charge is 0.240 e. The number of carbonyl (C=O) groups excluding carboxylic acids is 1. The summed E-state index contributed by atoms with van der Waals surface area (Å²) in [4.78, 5) is 12.5. The Hall–Kier alpha value is -2.49. The van der Waals surface area contributed by atoms with Crippen LogP contribution in [0, 0.1) is 6.92 Å². The Balaban J connectivity index is 1.54. The minimum absolute atomic E-state index is 0.0495. The zero-order valence-corrected chi connectivity index (χ0v) is 13.2. The van der Waals surface area contributed by atoms with Crippen molar-refractivity contribution >= 4 is 16.8 Å². The fourth-order valence-corrected chi connectivity index (χ4v) is 3.58. The summed E-state index contributed by atoms with van der Waals surface area (Å²) in [5.41, 5.74) is 3.35. The number of aryl methyl sites for hydroxylation is 2. The Morgan fingerprint density at radius 2 is 2.22 bits per heavy atom. The number of rotatable bonds is 3. The molecule has 1 unspecified atom stereocenters. The van der Waals surface area contributed by atoms with Gasteiger partial charge in [0.15, 0.2) is 0 Å². The molecule has 0 saturated carbocycles. The molecule has 4 heteroatoms. The number of benzene rings is 1. The van der Waals surface area contributed by atoms with Crippen LogP contribution in [-0.2, 0) is 17.8 Å². The lowest BCUT2D eigenvalue weighted by atomic mass is 9.93. The molecule has 0 spiro atoms. The van der Waals surface area contributed by atoms with E-state index in [1.807, 2.05) is 25.1 Å². The van der Waals surface area contributed by atoms with E-state index in [0.717, 1.165) is 41.8 Å². The largest absolute Gasteiger partial charge is 0.469 e. The van der Waals surface area contributed by atoms with E-state index in [-0.39, 0.29) is 11.9 Å². The SMILES string of the molecule is Cc1cc2ccccc2n1CC(=O)NC1CCCc2occc21. The predicted octanol–water partition coefficient (Wildman–Crippen LogP) is 3.74. The number of aromatic nitrogens is 1. The second-order valence-corrected chi connectivity index (χ2v) is 6.24. The van der Waals surface area contributed by atoms with Crippen LogP contribution in [0.3, 0.4) is 0 Å². The van der Waals surface area contributed by atoms with Crippen LogP contribution in [0.25, 0.3) is 10.9 Å². The average Bonchev–Trinajstić information content (AvgIpc) is 3.13. The van der Waals surface area contributed by atoms with Gasteiger partial charge in [-0.15, -0.1) is 0 Å². The van der Waals surface area contributed by atoms with E-state index in [0.29, 0.717) is 6.54 Å². The van der Waals surface area contributed by atoms with Gasteiger partial charge in [0.2, 0.25) is 5.91 Å². The molecule has 0 bridgehead atoms. The number of para-hydroxylation sites is 1. The summed E-state index contributed by atoms with van der Waals surface area (Å²) in [5, 5.41) is 4.35. The molecular weight excluding hydrogens is 288 g/mol. The van der Waals surface area contributed by atoms with Crippen LogP contribution in [-0.4, -0.2) is 10.5 Å². The van der Waals surface area contributed by atoms with Gasteiger partial charge in [-0.2, -0.15) is 0 Å². The molecule has 1 N–H and O–H groups in total. The first-order chi connectivity index (χ1) is 11.2. The number of nitrogens with zero attached hydrogens (tertiary/aromatic N) is 1. The molecule has 1 aliphatic rings. The molecule has 1 aliphatic carbocycles. The van der Waals surface area contributed by atoms with Crippen LogP contribution in [0.15, 0.2) is 47.1 Å². The van der Waals surface area contributed by atoms with Gasteiger partial charge in [-0.3, -0.25) is 4.79 Å². The van der Waals surface area contributed by atoms with Crippen molar-refractivity contribution in [1.29, 1.82) is 0 Å². The van der Waals surface area contributed by atoms with Crippen molar-refractivity contribution in [2.75, 3.05) is 0 Å². The predicted molar refractivity (Wildman–Crippen MR) is 89.2 cm³/mol. The molecule has 2 aromatic heterocycles. The molecule has 1 atom stereocenters. The molecule has 4 rings (SSSR count). The molecule has 2 heterocycles. The quantitative estimate of drug-likeness (QED) is 0.801.